The molecule has 0 unspecified atom stereocenters. The Morgan fingerprint density at radius 2 is 1.62 bits per heavy atom. The summed E-state index contributed by atoms with van der Waals surface area (Å²) in [6.45, 7) is 6.55. The van der Waals surface area contributed by atoms with Crippen molar-refractivity contribution in [2.45, 2.75) is 45.1 Å². The van der Waals surface area contributed by atoms with Gasteiger partial charge in [-0.1, -0.05) is 25.1 Å². The number of hydrogen-bond acceptors (Lipinski definition) is 3. The van der Waals surface area contributed by atoms with Crippen LogP contribution in [-0.4, -0.2) is 31.7 Å². The first kappa shape index (κ1) is 21.5. The van der Waals surface area contributed by atoms with E-state index in [1.807, 2.05) is 26.8 Å². The Morgan fingerprint density at radius 3 is 2.17 bits per heavy atom. The number of halogens is 1. The maximum Gasteiger partial charge on any atom is 0.243 e. The van der Waals surface area contributed by atoms with Crippen LogP contribution in [0.2, 0.25) is 0 Å². The van der Waals surface area contributed by atoms with Crippen LogP contribution >= 0.6 is 0 Å². The normalized spacial score (nSPS) is 17.1. The standard InChI is InChI=1S/C22H27FN2O3S/c1-16-12-17(2)14-20(13-16)29(27,28)25-10-8-22(3,9-11-25)21(26)24-15-18-4-6-19(23)7-5-18/h4-7,12-14H,8-11,15H2,1-3H3,(H,24,26). The number of carbonyl (C=O) groups excluding carboxylic acids is 1. The van der Waals surface area contributed by atoms with Gasteiger partial charge in [-0.3, -0.25) is 4.79 Å². The summed E-state index contributed by atoms with van der Waals surface area (Å²) < 4.78 is 40.5. The molecule has 156 valence electrons. The highest BCUT2D eigenvalue weighted by Gasteiger charge is 2.40. The molecule has 1 fully saturated rings. The molecule has 1 heterocycles. The Labute approximate surface area is 172 Å². The summed E-state index contributed by atoms with van der Waals surface area (Å²) in [7, 11) is -3.58. The number of rotatable bonds is 5. The van der Waals surface area contributed by atoms with Gasteiger partial charge in [-0.25, -0.2) is 12.8 Å². The minimum absolute atomic E-state index is 0.106. The first-order valence-corrected chi connectivity index (χ1v) is 11.2. The van der Waals surface area contributed by atoms with Crippen molar-refractivity contribution in [3.63, 3.8) is 0 Å². The molecule has 0 aromatic heterocycles. The molecule has 0 radical (unpaired) electrons. The minimum atomic E-state index is -3.58. The summed E-state index contributed by atoms with van der Waals surface area (Å²) in [4.78, 5) is 13.0. The van der Waals surface area contributed by atoms with Crippen LogP contribution in [0.25, 0.3) is 0 Å². The predicted molar refractivity (Wildman–Crippen MR) is 110 cm³/mol. The average Bonchev–Trinajstić information content (AvgIpc) is 2.67. The van der Waals surface area contributed by atoms with Crippen molar-refractivity contribution in [1.29, 1.82) is 0 Å². The summed E-state index contributed by atoms with van der Waals surface area (Å²) in [6, 6.07) is 11.3. The van der Waals surface area contributed by atoms with Crippen LogP contribution in [0.3, 0.4) is 0 Å². The molecule has 7 heteroatoms. The summed E-state index contributed by atoms with van der Waals surface area (Å²) in [6.07, 6.45) is 0.901. The van der Waals surface area contributed by atoms with Crippen molar-refractivity contribution in [1.82, 2.24) is 9.62 Å². The van der Waals surface area contributed by atoms with Crippen molar-refractivity contribution in [2.24, 2.45) is 5.41 Å². The van der Waals surface area contributed by atoms with E-state index in [9.17, 15) is 17.6 Å². The van der Waals surface area contributed by atoms with Crippen molar-refractivity contribution in [3.8, 4) is 0 Å². The van der Waals surface area contributed by atoms with Gasteiger partial charge in [-0.05, 0) is 67.6 Å². The molecular weight excluding hydrogens is 391 g/mol. The fourth-order valence-corrected chi connectivity index (χ4v) is 5.31. The van der Waals surface area contributed by atoms with Crippen LogP contribution in [0.4, 0.5) is 4.39 Å². The van der Waals surface area contributed by atoms with Crippen molar-refractivity contribution < 1.29 is 17.6 Å². The molecule has 0 aliphatic carbocycles. The second-order valence-corrected chi connectivity index (χ2v) is 10.0. The largest absolute Gasteiger partial charge is 0.352 e. The number of aryl methyl sites for hydroxylation is 2. The van der Waals surface area contributed by atoms with E-state index in [1.54, 1.807) is 24.3 Å². The molecule has 2 aromatic rings. The monoisotopic (exact) mass is 418 g/mol. The van der Waals surface area contributed by atoms with Gasteiger partial charge in [0.2, 0.25) is 15.9 Å². The summed E-state index contributed by atoms with van der Waals surface area (Å²) in [5.74, 6) is -0.422. The average molecular weight is 419 g/mol. The fourth-order valence-electron chi connectivity index (χ4n) is 3.68. The zero-order valence-corrected chi connectivity index (χ0v) is 17.9. The van der Waals surface area contributed by atoms with Crippen molar-refractivity contribution in [3.05, 3.63) is 65.0 Å². The van der Waals surface area contributed by atoms with Gasteiger partial charge < -0.3 is 5.32 Å². The second kappa shape index (κ2) is 8.24. The molecule has 29 heavy (non-hydrogen) atoms. The van der Waals surface area contributed by atoms with Crippen LogP contribution < -0.4 is 5.32 Å². The van der Waals surface area contributed by atoms with Gasteiger partial charge in [0.05, 0.1) is 4.90 Å². The van der Waals surface area contributed by atoms with E-state index in [0.29, 0.717) is 37.4 Å². The smallest absolute Gasteiger partial charge is 0.243 e. The van der Waals surface area contributed by atoms with E-state index >= 15 is 0 Å². The Hall–Kier alpha value is -2.25. The molecule has 0 saturated carbocycles. The van der Waals surface area contributed by atoms with E-state index in [-0.39, 0.29) is 11.7 Å². The molecule has 0 spiro atoms. The second-order valence-electron chi connectivity index (χ2n) is 8.10. The first-order chi connectivity index (χ1) is 13.6. The summed E-state index contributed by atoms with van der Waals surface area (Å²) >= 11 is 0. The lowest BCUT2D eigenvalue weighted by molar-refractivity contribution is -0.132. The lowest BCUT2D eigenvalue weighted by Gasteiger charge is -2.37. The number of nitrogens with zero attached hydrogens (tertiary/aromatic N) is 1. The zero-order chi connectivity index (χ0) is 21.2. The third-order valence-electron chi connectivity index (χ3n) is 5.57. The Kier molecular flexibility index (Phi) is 6.10. The fraction of sp³-hybridized carbons (Fsp3) is 0.409. The third kappa shape index (κ3) is 4.85. The van der Waals surface area contributed by atoms with E-state index in [1.165, 1.54) is 16.4 Å². The highest BCUT2D eigenvalue weighted by molar-refractivity contribution is 7.89. The van der Waals surface area contributed by atoms with Crippen LogP contribution in [0, 0.1) is 25.1 Å². The van der Waals surface area contributed by atoms with Gasteiger partial charge >= 0.3 is 0 Å². The van der Waals surface area contributed by atoms with E-state index in [2.05, 4.69) is 5.32 Å². The number of benzene rings is 2. The number of carbonyl (C=O) groups is 1. The van der Waals surface area contributed by atoms with Crippen LogP contribution in [0.5, 0.6) is 0 Å². The maximum absolute atomic E-state index is 13.0. The van der Waals surface area contributed by atoms with Crippen molar-refractivity contribution in [2.75, 3.05) is 13.1 Å². The lowest BCUT2D eigenvalue weighted by atomic mass is 9.80. The highest BCUT2D eigenvalue weighted by atomic mass is 32.2. The zero-order valence-electron chi connectivity index (χ0n) is 17.0. The van der Waals surface area contributed by atoms with Crippen LogP contribution in [0.1, 0.15) is 36.5 Å². The van der Waals surface area contributed by atoms with Gasteiger partial charge in [0.25, 0.3) is 0 Å². The van der Waals surface area contributed by atoms with E-state index < -0.39 is 15.4 Å². The first-order valence-electron chi connectivity index (χ1n) is 9.71. The van der Waals surface area contributed by atoms with Crippen molar-refractivity contribution >= 4 is 15.9 Å². The van der Waals surface area contributed by atoms with Gasteiger partial charge in [0.15, 0.2) is 0 Å². The SMILES string of the molecule is Cc1cc(C)cc(S(=O)(=O)N2CCC(C)(C(=O)NCc3ccc(F)cc3)CC2)c1. The van der Waals surface area contributed by atoms with Gasteiger partial charge in [0, 0.05) is 25.0 Å². The Morgan fingerprint density at radius 1 is 1.07 bits per heavy atom. The van der Waals surface area contributed by atoms with E-state index in [0.717, 1.165) is 16.7 Å². The number of hydrogen-bond donors (Lipinski definition) is 1. The van der Waals surface area contributed by atoms with Gasteiger partial charge in [-0.2, -0.15) is 4.31 Å². The maximum atomic E-state index is 13.0. The quantitative estimate of drug-likeness (QED) is 0.808. The molecular formula is C22H27FN2O3S. The topological polar surface area (TPSA) is 66.5 Å². The Bertz CT molecular complexity index is 975. The number of nitrogens with one attached hydrogen (secondary N) is 1. The number of sulfonamides is 1. The molecule has 2 aromatic carbocycles. The molecule has 3 rings (SSSR count). The molecule has 1 N–H and O–H groups in total. The Balaban J connectivity index is 1.63. The summed E-state index contributed by atoms with van der Waals surface area (Å²) in [5.41, 5.74) is 2.00. The van der Waals surface area contributed by atoms with Gasteiger partial charge in [0.1, 0.15) is 5.82 Å². The minimum Gasteiger partial charge on any atom is -0.352 e. The third-order valence-corrected chi connectivity index (χ3v) is 7.45. The molecule has 1 saturated heterocycles. The summed E-state index contributed by atoms with van der Waals surface area (Å²) in [5, 5.41) is 2.90. The van der Waals surface area contributed by atoms with Gasteiger partial charge in [-0.15, -0.1) is 0 Å². The highest BCUT2D eigenvalue weighted by Crippen LogP contribution is 2.34. The molecule has 1 aliphatic rings. The molecule has 5 nitrogen and oxygen atoms in total. The number of amides is 1. The number of piperidine rings is 1. The van der Waals surface area contributed by atoms with E-state index in [4.69, 9.17) is 0 Å². The molecule has 1 aliphatic heterocycles. The van der Waals surface area contributed by atoms with Crippen LogP contribution in [0.15, 0.2) is 47.4 Å². The molecule has 1 amide bonds. The predicted octanol–water partition coefficient (Wildman–Crippen LogP) is 3.55. The molecule has 0 bridgehead atoms. The lowest BCUT2D eigenvalue weighted by Crippen LogP contribution is -2.48. The molecule has 0 atom stereocenters. The van der Waals surface area contributed by atoms with Crippen LogP contribution in [-0.2, 0) is 21.4 Å².